The Balaban J connectivity index is 0.000000232. The van der Waals surface area contributed by atoms with Crippen molar-refractivity contribution in [3.05, 3.63) is 73.3 Å². The van der Waals surface area contributed by atoms with Crippen LogP contribution in [0.2, 0.25) is 0 Å². The van der Waals surface area contributed by atoms with Crippen LogP contribution in [0.5, 0.6) is 0 Å². The van der Waals surface area contributed by atoms with Crippen LogP contribution in [0, 0.1) is 5.92 Å². The highest BCUT2D eigenvalue weighted by Crippen LogP contribution is 2.17. The predicted octanol–water partition coefficient (Wildman–Crippen LogP) is 5.57. The Hall–Kier alpha value is -1.82. The molecule has 0 aliphatic rings. The van der Waals surface area contributed by atoms with E-state index in [0.29, 0.717) is 0 Å². The van der Waals surface area contributed by atoms with Gasteiger partial charge in [0.1, 0.15) is 0 Å². The zero-order chi connectivity index (χ0) is 13.2. The summed E-state index contributed by atoms with van der Waals surface area (Å²) in [5, 5.41) is 0. The summed E-state index contributed by atoms with van der Waals surface area (Å²) in [7, 11) is 0. The van der Waals surface area contributed by atoms with Crippen molar-refractivity contribution < 1.29 is 0 Å². The maximum absolute atomic E-state index is 3.60. The first kappa shape index (κ1) is 14.2. The zero-order valence-corrected chi connectivity index (χ0v) is 11.3. The maximum Gasteiger partial charge on any atom is -0.0184 e. The molecule has 0 fully saturated rings. The first-order valence-electron chi connectivity index (χ1n) is 6.45. The average molecular weight is 238 g/mol. The summed E-state index contributed by atoms with van der Waals surface area (Å²) >= 11 is 0. The summed E-state index contributed by atoms with van der Waals surface area (Å²) in [5.74, 6) is 0.780. The quantitative estimate of drug-likeness (QED) is 0.613. The van der Waals surface area contributed by atoms with Crippen molar-refractivity contribution in [3.8, 4) is 11.1 Å². The summed E-state index contributed by atoms with van der Waals surface area (Å²) < 4.78 is 0. The van der Waals surface area contributed by atoms with Gasteiger partial charge in [-0.25, -0.2) is 0 Å². The van der Waals surface area contributed by atoms with E-state index in [-0.39, 0.29) is 0 Å². The van der Waals surface area contributed by atoms with Gasteiger partial charge in [-0.1, -0.05) is 80.6 Å². The molecular weight excluding hydrogens is 216 g/mol. The van der Waals surface area contributed by atoms with Crippen LogP contribution < -0.4 is 0 Å². The van der Waals surface area contributed by atoms with Crippen molar-refractivity contribution >= 4 is 0 Å². The lowest BCUT2D eigenvalue weighted by Crippen LogP contribution is -1.78. The monoisotopic (exact) mass is 238 g/mol. The zero-order valence-electron chi connectivity index (χ0n) is 11.3. The molecule has 18 heavy (non-hydrogen) atoms. The molecule has 0 radical (unpaired) electrons. The third-order valence-electron chi connectivity index (χ3n) is 2.52. The van der Waals surface area contributed by atoms with Crippen LogP contribution in [0.25, 0.3) is 11.1 Å². The Labute approximate surface area is 111 Å². The number of hydrogen-bond donors (Lipinski definition) is 0. The van der Waals surface area contributed by atoms with Crippen LogP contribution in [-0.2, 0) is 0 Å². The third kappa shape index (κ3) is 5.49. The minimum Gasteiger partial charge on any atom is -0.103 e. The highest BCUT2D eigenvalue weighted by atomic mass is 14.0. The molecule has 0 nitrogen and oxygen atoms in total. The highest BCUT2D eigenvalue weighted by Gasteiger charge is 1.91. The first-order valence-corrected chi connectivity index (χ1v) is 6.45. The Morgan fingerprint density at radius 1 is 0.833 bits per heavy atom. The van der Waals surface area contributed by atoms with E-state index >= 15 is 0 Å². The second-order valence-corrected chi connectivity index (χ2v) is 4.65. The lowest BCUT2D eigenvalue weighted by molar-refractivity contribution is 0.664. The Kier molecular flexibility index (Phi) is 6.56. The molecule has 0 heterocycles. The fourth-order valence-electron chi connectivity index (χ4n) is 1.59. The van der Waals surface area contributed by atoms with Crippen molar-refractivity contribution in [1.82, 2.24) is 0 Å². The van der Waals surface area contributed by atoms with Gasteiger partial charge in [0.15, 0.2) is 0 Å². The van der Waals surface area contributed by atoms with Crippen LogP contribution in [-0.4, -0.2) is 0 Å². The van der Waals surface area contributed by atoms with E-state index < -0.39 is 0 Å². The fraction of sp³-hybridized carbons (Fsp3) is 0.222. The van der Waals surface area contributed by atoms with Crippen LogP contribution in [0.3, 0.4) is 0 Å². The average Bonchev–Trinajstić information content (AvgIpc) is 2.41. The molecule has 0 atom stereocenters. The minimum absolute atomic E-state index is 0.780. The Bertz CT molecular complexity index is 389. The maximum atomic E-state index is 3.60. The van der Waals surface area contributed by atoms with E-state index in [1.165, 1.54) is 11.1 Å². The molecule has 94 valence electrons. The second kappa shape index (κ2) is 8.30. The molecule has 0 heteroatoms. The van der Waals surface area contributed by atoms with Crippen molar-refractivity contribution in [3.63, 3.8) is 0 Å². The molecular formula is C18H22. The highest BCUT2D eigenvalue weighted by molar-refractivity contribution is 5.62. The lowest BCUT2D eigenvalue weighted by Gasteiger charge is -1.98. The summed E-state index contributed by atoms with van der Waals surface area (Å²) in [6.07, 6.45) is 3.09. The topological polar surface area (TPSA) is 0 Å². The van der Waals surface area contributed by atoms with Gasteiger partial charge in [0.2, 0.25) is 0 Å². The van der Waals surface area contributed by atoms with Gasteiger partial charge in [-0.3, -0.25) is 0 Å². The van der Waals surface area contributed by atoms with Gasteiger partial charge in [0.25, 0.3) is 0 Å². The van der Waals surface area contributed by atoms with Crippen LogP contribution in [0.4, 0.5) is 0 Å². The van der Waals surface area contributed by atoms with E-state index in [9.17, 15) is 0 Å². The van der Waals surface area contributed by atoms with Gasteiger partial charge in [0.05, 0.1) is 0 Å². The SMILES string of the molecule is C=CCC(C)C.c1ccc(-c2ccccc2)cc1. The number of rotatable bonds is 3. The molecule has 0 aliphatic heterocycles. The largest absolute Gasteiger partial charge is 0.103 e. The van der Waals surface area contributed by atoms with E-state index in [1.807, 2.05) is 18.2 Å². The van der Waals surface area contributed by atoms with Gasteiger partial charge in [-0.15, -0.1) is 6.58 Å². The van der Waals surface area contributed by atoms with Crippen LogP contribution in [0.1, 0.15) is 20.3 Å². The molecule has 2 rings (SSSR count). The predicted molar refractivity (Wildman–Crippen MR) is 81.5 cm³/mol. The molecule has 0 saturated carbocycles. The molecule has 0 aromatic heterocycles. The van der Waals surface area contributed by atoms with Gasteiger partial charge in [-0.05, 0) is 23.5 Å². The van der Waals surface area contributed by atoms with Crippen molar-refractivity contribution in [2.45, 2.75) is 20.3 Å². The summed E-state index contributed by atoms with van der Waals surface area (Å²) in [6, 6.07) is 20.8. The number of allylic oxidation sites excluding steroid dienone is 1. The van der Waals surface area contributed by atoms with Crippen LogP contribution in [0.15, 0.2) is 73.3 Å². The molecule has 2 aromatic carbocycles. The van der Waals surface area contributed by atoms with E-state index in [0.717, 1.165) is 12.3 Å². The summed E-state index contributed by atoms with van der Waals surface area (Å²) in [6.45, 7) is 7.97. The normalized spacial score (nSPS) is 9.50. The molecule has 0 unspecified atom stereocenters. The summed E-state index contributed by atoms with van der Waals surface area (Å²) in [5.41, 5.74) is 2.55. The van der Waals surface area contributed by atoms with Gasteiger partial charge in [0, 0.05) is 0 Å². The third-order valence-corrected chi connectivity index (χ3v) is 2.52. The lowest BCUT2D eigenvalue weighted by atomic mass is 10.1. The van der Waals surface area contributed by atoms with Crippen LogP contribution >= 0.6 is 0 Å². The van der Waals surface area contributed by atoms with E-state index in [1.54, 1.807) is 0 Å². The number of hydrogen-bond acceptors (Lipinski definition) is 0. The molecule has 0 aliphatic carbocycles. The second-order valence-electron chi connectivity index (χ2n) is 4.65. The minimum atomic E-state index is 0.780. The Morgan fingerprint density at radius 2 is 1.22 bits per heavy atom. The van der Waals surface area contributed by atoms with Crippen molar-refractivity contribution in [2.24, 2.45) is 5.92 Å². The van der Waals surface area contributed by atoms with E-state index in [2.05, 4.69) is 69.0 Å². The Morgan fingerprint density at radius 3 is 1.44 bits per heavy atom. The molecule has 2 aromatic rings. The molecule has 0 N–H and O–H groups in total. The molecule has 0 saturated heterocycles. The van der Waals surface area contributed by atoms with Gasteiger partial charge < -0.3 is 0 Å². The smallest absolute Gasteiger partial charge is 0.0184 e. The first-order chi connectivity index (χ1) is 8.74. The van der Waals surface area contributed by atoms with E-state index in [4.69, 9.17) is 0 Å². The molecule has 0 amide bonds. The molecule has 0 spiro atoms. The van der Waals surface area contributed by atoms with Crippen molar-refractivity contribution in [2.75, 3.05) is 0 Å². The van der Waals surface area contributed by atoms with Gasteiger partial charge in [-0.2, -0.15) is 0 Å². The number of benzene rings is 2. The van der Waals surface area contributed by atoms with Gasteiger partial charge >= 0.3 is 0 Å². The van der Waals surface area contributed by atoms with Crippen molar-refractivity contribution in [1.29, 1.82) is 0 Å². The fourth-order valence-corrected chi connectivity index (χ4v) is 1.59. The standard InChI is InChI=1S/C12H10.C6H12/c1-3-7-11(8-4-1)12-9-5-2-6-10-12;1-4-5-6(2)3/h1-10H;4,6H,1,5H2,2-3H3. The molecule has 0 bridgehead atoms. The summed E-state index contributed by atoms with van der Waals surface area (Å²) in [4.78, 5) is 0.